The molecular weight excluding hydrogens is 352 g/mol. The highest BCUT2D eigenvalue weighted by Gasteiger charge is 2.13. The quantitative estimate of drug-likeness (QED) is 0.545. The summed E-state index contributed by atoms with van der Waals surface area (Å²) >= 11 is 1.27. The summed E-state index contributed by atoms with van der Waals surface area (Å²) in [5.74, 6) is -0.760. The van der Waals surface area contributed by atoms with Crippen molar-refractivity contribution in [2.24, 2.45) is 0 Å². The third-order valence-electron chi connectivity index (χ3n) is 3.67. The fraction of sp³-hybridized carbons (Fsp3) is 0.158. The van der Waals surface area contributed by atoms with E-state index in [1.54, 1.807) is 49.4 Å². The maximum atomic E-state index is 12.3. The summed E-state index contributed by atoms with van der Waals surface area (Å²) in [6.07, 6.45) is 0. The van der Waals surface area contributed by atoms with Gasteiger partial charge in [-0.1, -0.05) is 23.5 Å². The van der Waals surface area contributed by atoms with Gasteiger partial charge in [-0.3, -0.25) is 14.9 Å². The fourth-order valence-corrected chi connectivity index (χ4v) is 3.25. The molecule has 0 saturated heterocycles. The van der Waals surface area contributed by atoms with Crippen molar-refractivity contribution in [3.63, 3.8) is 0 Å². The van der Waals surface area contributed by atoms with E-state index >= 15 is 0 Å². The molecule has 1 aromatic heterocycles. The second-order valence-corrected chi connectivity index (χ2v) is 6.54. The van der Waals surface area contributed by atoms with Gasteiger partial charge in [0.15, 0.2) is 10.9 Å². The van der Waals surface area contributed by atoms with Gasteiger partial charge in [0.05, 0.1) is 22.4 Å². The summed E-state index contributed by atoms with van der Waals surface area (Å²) in [6.45, 7) is 3.53. The number of hydrogen-bond donors (Lipinski definition) is 1. The van der Waals surface area contributed by atoms with E-state index in [-0.39, 0.29) is 17.7 Å². The van der Waals surface area contributed by atoms with Gasteiger partial charge in [-0.15, -0.1) is 0 Å². The van der Waals surface area contributed by atoms with Gasteiger partial charge in [0.1, 0.15) is 0 Å². The monoisotopic (exact) mass is 368 g/mol. The number of ether oxygens (including phenoxy) is 1. The number of anilines is 1. The summed E-state index contributed by atoms with van der Waals surface area (Å²) in [4.78, 5) is 39.8. The lowest BCUT2D eigenvalue weighted by atomic mass is 10.1. The highest BCUT2D eigenvalue weighted by molar-refractivity contribution is 7.22. The molecule has 0 radical (unpaired) electrons. The first kappa shape index (κ1) is 17.8. The zero-order valence-corrected chi connectivity index (χ0v) is 15.1. The lowest BCUT2D eigenvalue weighted by Crippen LogP contribution is -2.11. The van der Waals surface area contributed by atoms with Crippen LogP contribution in [0.1, 0.15) is 44.9 Å². The number of rotatable bonds is 5. The van der Waals surface area contributed by atoms with E-state index in [0.717, 1.165) is 4.70 Å². The van der Waals surface area contributed by atoms with Crippen LogP contribution < -0.4 is 5.32 Å². The van der Waals surface area contributed by atoms with Crippen LogP contribution in [-0.2, 0) is 4.74 Å². The maximum absolute atomic E-state index is 12.3. The van der Waals surface area contributed by atoms with Gasteiger partial charge in [-0.05, 0) is 44.2 Å². The first-order valence-corrected chi connectivity index (χ1v) is 8.79. The molecule has 3 aromatic rings. The van der Waals surface area contributed by atoms with Crippen LogP contribution in [0.15, 0.2) is 42.5 Å². The Morgan fingerprint density at radius 2 is 1.69 bits per heavy atom. The van der Waals surface area contributed by atoms with Crippen molar-refractivity contribution in [3.8, 4) is 0 Å². The van der Waals surface area contributed by atoms with Gasteiger partial charge in [0, 0.05) is 11.1 Å². The van der Waals surface area contributed by atoms with Crippen LogP contribution in [0.25, 0.3) is 10.2 Å². The molecule has 0 bridgehead atoms. The van der Waals surface area contributed by atoms with E-state index < -0.39 is 0 Å². The minimum absolute atomic E-state index is 0.0551. The highest BCUT2D eigenvalue weighted by Crippen LogP contribution is 2.27. The predicted octanol–water partition coefficient (Wildman–Crippen LogP) is 3.93. The Labute approximate surface area is 153 Å². The largest absolute Gasteiger partial charge is 0.462 e. The minimum atomic E-state index is -0.390. The van der Waals surface area contributed by atoms with Crippen LogP contribution >= 0.6 is 11.3 Å². The molecule has 1 N–H and O–H groups in total. The second kappa shape index (κ2) is 7.45. The third-order valence-corrected chi connectivity index (χ3v) is 4.61. The zero-order chi connectivity index (χ0) is 18.7. The fourth-order valence-electron chi connectivity index (χ4n) is 2.35. The minimum Gasteiger partial charge on any atom is -0.462 e. The molecule has 0 aliphatic heterocycles. The van der Waals surface area contributed by atoms with E-state index in [1.807, 2.05) is 0 Å². The van der Waals surface area contributed by atoms with Crippen molar-refractivity contribution in [1.82, 2.24) is 4.98 Å². The van der Waals surface area contributed by atoms with Gasteiger partial charge in [-0.2, -0.15) is 0 Å². The van der Waals surface area contributed by atoms with Crippen molar-refractivity contribution in [3.05, 3.63) is 59.2 Å². The van der Waals surface area contributed by atoms with Crippen LogP contribution in [0, 0.1) is 0 Å². The predicted molar refractivity (Wildman–Crippen MR) is 100.0 cm³/mol. The number of thiazole rings is 1. The standard InChI is InChI=1S/C19H16N2O4S/c1-3-25-18(24)14-8-9-15-16(10-14)26-19(20-15)21-17(23)13-6-4-12(5-7-13)11(2)22/h4-10H,3H2,1-2H3,(H,20,21,23). The van der Waals surface area contributed by atoms with Crippen molar-refractivity contribution < 1.29 is 19.1 Å². The third kappa shape index (κ3) is 3.78. The molecule has 0 aliphatic carbocycles. The Kier molecular flexibility index (Phi) is 5.09. The number of nitrogens with zero attached hydrogens (tertiary/aromatic N) is 1. The highest BCUT2D eigenvalue weighted by atomic mass is 32.1. The molecule has 1 heterocycles. The number of amides is 1. The number of carbonyl (C=O) groups is 3. The number of hydrogen-bond acceptors (Lipinski definition) is 6. The zero-order valence-electron chi connectivity index (χ0n) is 14.2. The Morgan fingerprint density at radius 1 is 1.04 bits per heavy atom. The first-order valence-electron chi connectivity index (χ1n) is 7.98. The second-order valence-electron chi connectivity index (χ2n) is 5.51. The molecule has 3 rings (SSSR count). The number of benzene rings is 2. The van der Waals surface area contributed by atoms with E-state index in [1.165, 1.54) is 18.3 Å². The molecule has 0 atom stereocenters. The van der Waals surface area contributed by atoms with Crippen LogP contribution in [0.3, 0.4) is 0 Å². The normalized spacial score (nSPS) is 10.5. The molecule has 0 spiro atoms. The van der Waals surface area contributed by atoms with Crippen LogP contribution in [0.5, 0.6) is 0 Å². The molecule has 0 unspecified atom stereocenters. The van der Waals surface area contributed by atoms with Crippen molar-refractivity contribution in [2.45, 2.75) is 13.8 Å². The Bertz CT molecular complexity index is 992. The lowest BCUT2D eigenvalue weighted by Gasteiger charge is -2.02. The summed E-state index contributed by atoms with van der Waals surface area (Å²) in [7, 11) is 0. The van der Waals surface area contributed by atoms with Crippen molar-refractivity contribution in [2.75, 3.05) is 11.9 Å². The molecule has 7 heteroatoms. The number of carbonyl (C=O) groups excluding carboxylic acids is 3. The Morgan fingerprint density at radius 3 is 2.35 bits per heavy atom. The number of Topliss-reactive ketones (excluding diaryl/α,β-unsaturated/α-hetero) is 1. The topological polar surface area (TPSA) is 85.4 Å². The van der Waals surface area contributed by atoms with Crippen molar-refractivity contribution in [1.29, 1.82) is 0 Å². The number of nitrogens with one attached hydrogen (secondary N) is 1. The lowest BCUT2D eigenvalue weighted by molar-refractivity contribution is 0.0526. The van der Waals surface area contributed by atoms with Gasteiger partial charge in [-0.25, -0.2) is 9.78 Å². The Hall–Kier alpha value is -3.06. The van der Waals surface area contributed by atoms with Crippen LogP contribution in [0.4, 0.5) is 5.13 Å². The van der Waals surface area contributed by atoms with Crippen LogP contribution in [-0.4, -0.2) is 29.3 Å². The molecule has 0 fully saturated rings. The van der Waals surface area contributed by atoms with Gasteiger partial charge >= 0.3 is 5.97 Å². The summed E-state index contributed by atoms with van der Waals surface area (Å²) in [5.41, 5.74) is 2.11. The molecule has 132 valence electrons. The van der Waals surface area contributed by atoms with E-state index in [2.05, 4.69) is 10.3 Å². The smallest absolute Gasteiger partial charge is 0.338 e. The van der Waals surface area contributed by atoms with Gasteiger partial charge in [0.25, 0.3) is 5.91 Å². The summed E-state index contributed by atoms with van der Waals surface area (Å²) < 4.78 is 5.76. The van der Waals surface area contributed by atoms with E-state index in [9.17, 15) is 14.4 Å². The molecule has 0 saturated carbocycles. The molecule has 0 aliphatic rings. The van der Waals surface area contributed by atoms with E-state index in [0.29, 0.717) is 33.9 Å². The first-order chi connectivity index (χ1) is 12.5. The van der Waals surface area contributed by atoms with Crippen molar-refractivity contribution >= 4 is 44.3 Å². The summed E-state index contributed by atoms with van der Waals surface area (Å²) in [6, 6.07) is 11.5. The van der Waals surface area contributed by atoms with Crippen LogP contribution in [0.2, 0.25) is 0 Å². The summed E-state index contributed by atoms with van der Waals surface area (Å²) in [5, 5.41) is 3.17. The number of fused-ring (bicyclic) bond motifs is 1. The molecule has 6 nitrogen and oxygen atoms in total. The molecule has 1 amide bonds. The Balaban J connectivity index is 1.78. The van der Waals surface area contributed by atoms with E-state index in [4.69, 9.17) is 4.74 Å². The molecular formula is C19H16N2O4S. The maximum Gasteiger partial charge on any atom is 0.338 e. The molecule has 2 aromatic carbocycles. The SMILES string of the molecule is CCOC(=O)c1ccc2nc(NC(=O)c3ccc(C(C)=O)cc3)sc2c1. The van der Waals surface area contributed by atoms with Gasteiger partial charge < -0.3 is 4.74 Å². The average Bonchev–Trinajstić information content (AvgIpc) is 3.03. The number of esters is 1. The van der Waals surface area contributed by atoms with Gasteiger partial charge in [0.2, 0.25) is 0 Å². The number of aromatic nitrogens is 1. The average molecular weight is 368 g/mol. The number of ketones is 1. The molecule has 26 heavy (non-hydrogen) atoms.